The second kappa shape index (κ2) is 3.77. The summed E-state index contributed by atoms with van der Waals surface area (Å²) in [5, 5.41) is 12.1. The smallest absolute Gasteiger partial charge is 0.394 e. The lowest BCUT2D eigenvalue weighted by atomic mass is 10.3. The Morgan fingerprint density at radius 3 is 2.80 bits per heavy atom. The molecule has 0 aliphatic heterocycles. The van der Waals surface area contributed by atoms with E-state index in [9.17, 15) is 4.79 Å². The van der Waals surface area contributed by atoms with Gasteiger partial charge in [-0.05, 0) is 28.1 Å². The van der Waals surface area contributed by atoms with E-state index in [0.717, 1.165) is 4.47 Å². The monoisotopic (exact) mass is 269 g/mol. The van der Waals surface area contributed by atoms with Gasteiger partial charge in [0.2, 0.25) is 5.82 Å². The highest BCUT2D eigenvalue weighted by Gasteiger charge is 2.14. The van der Waals surface area contributed by atoms with Crippen molar-refractivity contribution in [2.45, 2.75) is 0 Å². The maximum atomic E-state index is 10.5. The van der Waals surface area contributed by atoms with Crippen LogP contribution in [0.3, 0.4) is 0 Å². The molecule has 7 heteroatoms. The Kier molecular flexibility index (Phi) is 2.46. The van der Waals surface area contributed by atoms with Crippen molar-refractivity contribution < 1.29 is 14.4 Å². The molecule has 0 unspecified atom stereocenters. The molecule has 0 aliphatic rings. The number of rotatable bonds is 2. The number of aromatic nitrogens is 3. The van der Waals surface area contributed by atoms with E-state index >= 15 is 0 Å². The van der Waals surface area contributed by atoms with E-state index in [4.69, 9.17) is 5.11 Å². The molecule has 0 fully saturated rings. The van der Waals surface area contributed by atoms with Crippen molar-refractivity contribution in [2.75, 3.05) is 0 Å². The fourth-order valence-corrected chi connectivity index (χ4v) is 1.16. The maximum Gasteiger partial charge on any atom is 0.394 e. The molecule has 2 heterocycles. The zero-order valence-corrected chi connectivity index (χ0v) is 8.80. The molecular weight excluding hydrogens is 266 g/mol. The van der Waals surface area contributed by atoms with Crippen LogP contribution in [0.2, 0.25) is 0 Å². The van der Waals surface area contributed by atoms with Gasteiger partial charge >= 0.3 is 11.9 Å². The lowest BCUT2D eigenvalue weighted by molar-refractivity contribution is 0.0643. The van der Waals surface area contributed by atoms with Crippen LogP contribution in [0, 0.1) is 0 Å². The molecule has 2 aromatic heterocycles. The number of nitrogens with zero attached hydrogens (tertiary/aromatic N) is 3. The van der Waals surface area contributed by atoms with Crippen LogP contribution < -0.4 is 0 Å². The Labute approximate surface area is 92.1 Å². The molecule has 1 N–H and O–H groups in total. The van der Waals surface area contributed by atoms with Crippen molar-refractivity contribution in [3.05, 3.63) is 28.7 Å². The minimum absolute atomic E-state index is 0.153. The standard InChI is InChI=1S/C8H4BrN3O3/c9-4-1-2-5(10-3-4)6-11-7(8(13)14)15-12-6/h1-3H,(H,13,14). The maximum absolute atomic E-state index is 10.5. The SMILES string of the molecule is O=C(O)c1nc(-c2ccc(Br)cn2)no1. The highest BCUT2D eigenvalue weighted by molar-refractivity contribution is 9.10. The summed E-state index contributed by atoms with van der Waals surface area (Å²) in [7, 11) is 0. The Bertz CT molecular complexity index is 494. The Morgan fingerprint density at radius 2 is 2.27 bits per heavy atom. The molecule has 76 valence electrons. The quantitative estimate of drug-likeness (QED) is 0.891. The average molecular weight is 270 g/mol. The number of carbonyl (C=O) groups is 1. The Morgan fingerprint density at radius 1 is 1.47 bits per heavy atom. The topological polar surface area (TPSA) is 89.1 Å². The second-order valence-corrected chi connectivity index (χ2v) is 3.51. The molecule has 0 amide bonds. The van der Waals surface area contributed by atoms with Gasteiger partial charge in [0.05, 0.1) is 0 Å². The van der Waals surface area contributed by atoms with E-state index in [1.807, 2.05) is 0 Å². The predicted molar refractivity (Wildman–Crippen MR) is 52.2 cm³/mol. The van der Waals surface area contributed by atoms with E-state index in [0.29, 0.717) is 5.69 Å². The summed E-state index contributed by atoms with van der Waals surface area (Å²) in [5.41, 5.74) is 0.453. The van der Waals surface area contributed by atoms with Crippen LogP contribution in [-0.4, -0.2) is 26.2 Å². The molecule has 15 heavy (non-hydrogen) atoms. The number of halogens is 1. The molecule has 0 aromatic carbocycles. The fraction of sp³-hybridized carbons (Fsp3) is 0. The molecule has 0 saturated carbocycles. The van der Waals surface area contributed by atoms with Gasteiger partial charge in [-0.3, -0.25) is 4.98 Å². The van der Waals surface area contributed by atoms with Gasteiger partial charge in [0.1, 0.15) is 5.69 Å². The first kappa shape index (κ1) is 9.78. The molecule has 2 aromatic rings. The summed E-state index contributed by atoms with van der Waals surface area (Å²) in [6, 6.07) is 3.40. The number of aromatic carboxylic acids is 1. The Hall–Kier alpha value is -1.76. The number of hydrogen-bond acceptors (Lipinski definition) is 5. The molecular formula is C8H4BrN3O3. The largest absolute Gasteiger partial charge is 0.474 e. The molecule has 0 spiro atoms. The molecule has 0 atom stereocenters. The minimum Gasteiger partial charge on any atom is -0.474 e. The first-order valence-corrected chi connectivity index (χ1v) is 4.65. The van der Waals surface area contributed by atoms with Gasteiger partial charge in [-0.1, -0.05) is 5.16 Å². The van der Waals surface area contributed by atoms with E-state index in [1.54, 1.807) is 18.3 Å². The van der Waals surface area contributed by atoms with Crippen molar-refractivity contribution in [3.63, 3.8) is 0 Å². The zero-order valence-electron chi connectivity index (χ0n) is 7.22. The van der Waals surface area contributed by atoms with E-state index in [-0.39, 0.29) is 5.82 Å². The molecule has 0 bridgehead atoms. The third-order valence-corrected chi connectivity index (χ3v) is 2.03. The van der Waals surface area contributed by atoms with Gasteiger partial charge in [-0.15, -0.1) is 0 Å². The van der Waals surface area contributed by atoms with Gasteiger partial charge in [0, 0.05) is 10.7 Å². The van der Waals surface area contributed by atoms with Crippen molar-refractivity contribution in [1.29, 1.82) is 0 Å². The van der Waals surface area contributed by atoms with Gasteiger partial charge in [0.15, 0.2) is 0 Å². The summed E-state index contributed by atoms with van der Waals surface area (Å²) in [5.74, 6) is -1.56. The molecule has 6 nitrogen and oxygen atoms in total. The lowest BCUT2D eigenvalue weighted by Crippen LogP contribution is -1.95. The number of hydrogen-bond donors (Lipinski definition) is 1. The van der Waals surface area contributed by atoms with Crippen molar-refractivity contribution in [2.24, 2.45) is 0 Å². The molecule has 2 rings (SSSR count). The van der Waals surface area contributed by atoms with Gasteiger partial charge < -0.3 is 9.63 Å². The number of carboxylic acids is 1. The fourth-order valence-electron chi connectivity index (χ4n) is 0.922. The van der Waals surface area contributed by atoms with Crippen molar-refractivity contribution in [3.8, 4) is 11.5 Å². The van der Waals surface area contributed by atoms with Crippen LogP contribution >= 0.6 is 15.9 Å². The first-order valence-electron chi connectivity index (χ1n) is 3.86. The minimum atomic E-state index is -1.26. The van der Waals surface area contributed by atoms with Crippen LogP contribution in [0.25, 0.3) is 11.5 Å². The molecule has 0 saturated heterocycles. The highest BCUT2D eigenvalue weighted by atomic mass is 79.9. The van der Waals surface area contributed by atoms with E-state index in [2.05, 4.69) is 35.6 Å². The lowest BCUT2D eigenvalue weighted by Gasteiger charge is -1.92. The number of pyridine rings is 1. The molecule has 0 aliphatic carbocycles. The first-order chi connectivity index (χ1) is 7.16. The summed E-state index contributed by atoms with van der Waals surface area (Å²) in [6.45, 7) is 0. The summed E-state index contributed by atoms with van der Waals surface area (Å²) < 4.78 is 5.31. The number of carboxylic acid groups (broad SMARTS) is 1. The van der Waals surface area contributed by atoms with Crippen LogP contribution in [0.4, 0.5) is 0 Å². The van der Waals surface area contributed by atoms with Crippen LogP contribution in [0.1, 0.15) is 10.7 Å². The van der Waals surface area contributed by atoms with Crippen LogP contribution in [-0.2, 0) is 0 Å². The third-order valence-electron chi connectivity index (χ3n) is 1.57. The average Bonchev–Trinajstić information content (AvgIpc) is 2.68. The Balaban J connectivity index is 2.37. The van der Waals surface area contributed by atoms with E-state index in [1.165, 1.54) is 0 Å². The van der Waals surface area contributed by atoms with Crippen molar-refractivity contribution in [1.82, 2.24) is 15.1 Å². The predicted octanol–water partition coefficient (Wildman–Crippen LogP) is 1.59. The van der Waals surface area contributed by atoms with Gasteiger partial charge in [-0.2, -0.15) is 4.98 Å². The van der Waals surface area contributed by atoms with Gasteiger partial charge in [0.25, 0.3) is 0 Å². The summed E-state index contributed by atoms with van der Waals surface area (Å²) >= 11 is 3.23. The normalized spacial score (nSPS) is 10.2. The second-order valence-electron chi connectivity index (χ2n) is 2.59. The van der Waals surface area contributed by atoms with Crippen LogP contribution in [0.5, 0.6) is 0 Å². The summed E-state index contributed by atoms with van der Waals surface area (Å²) in [6.07, 6.45) is 1.56. The molecule has 0 radical (unpaired) electrons. The zero-order chi connectivity index (χ0) is 10.8. The third kappa shape index (κ3) is 2.01. The van der Waals surface area contributed by atoms with E-state index < -0.39 is 11.9 Å². The van der Waals surface area contributed by atoms with Crippen LogP contribution in [0.15, 0.2) is 27.3 Å². The van der Waals surface area contributed by atoms with Gasteiger partial charge in [-0.25, -0.2) is 4.79 Å². The van der Waals surface area contributed by atoms with Crippen molar-refractivity contribution >= 4 is 21.9 Å². The highest BCUT2D eigenvalue weighted by Crippen LogP contribution is 2.15. The summed E-state index contributed by atoms with van der Waals surface area (Å²) in [4.78, 5) is 18.1.